The highest BCUT2D eigenvalue weighted by molar-refractivity contribution is 7.89. The second kappa shape index (κ2) is 8.97. The summed E-state index contributed by atoms with van der Waals surface area (Å²) in [6, 6.07) is 11.7. The van der Waals surface area contributed by atoms with Crippen molar-refractivity contribution >= 4 is 21.6 Å². The van der Waals surface area contributed by atoms with Crippen molar-refractivity contribution in [2.75, 3.05) is 11.9 Å². The number of nitrogens with one attached hydrogen (secondary N) is 3. The van der Waals surface area contributed by atoms with Crippen LogP contribution in [0.2, 0.25) is 0 Å². The SMILES string of the molecule is CCCCNS(=O)(=O)c1cccc(NC(=O)c2cn[nH]c2-c2ccc(F)cc2)c1. The summed E-state index contributed by atoms with van der Waals surface area (Å²) in [6.45, 7) is 2.33. The van der Waals surface area contributed by atoms with Crippen LogP contribution in [0.5, 0.6) is 0 Å². The molecule has 3 rings (SSSR count). The zero-order chi connectivity index (χ0) is 20.9. The Kier molecular flexibility index (Phi) is 6.40. The minimum atomic E-state index is -3.66. The number of rotatable bonds is 8. The van der Waals surface area contributed by atoms with E-state index in [2.05, 4.69) is 20.2 Å². The molecule has 29 heavy (non-hydrogen) atoms. The predicted octanol–water partition coefficient (Wildman–Crippen LogP) is 3.55. The lowest BCUT2D eigenvalue weighted by molar-refractivity contribution is 0.102. The zero-order valence-corrected chi connectivity index (χ0v) is 16.6. The number of hydrogen-bond donors (Lipinski definition) is 3. The van der Waals surface area contributed by atoms with E-state index in [1.807, 2.05) is 6.92 Å². The third-order valence-corrected chi connectivity index (χ3v) is 5.70. The summed E-state index contributed by atoms with van der Waals surface area (Å²) in [4.78, 5) is 12.8. The van der Waals surface area contributed by atoms with Crippen LogP contribution in [-0.2, 0) is 10.0 Å². The van der Waals surface area contributed by atoms with Gasteiger partial charge in [-0.05, 0) is 48.9 Å². The second-order valence-corrected chi connectivity index (χ2v) is 8.17. The van der Waals surface area contributed by atoms with Gasteiger partial charge in [-0.3, -0.25) is 9.89 Å². The van der Waals surface area contributed by atoms with Crippen molar-refractivity contribution < 1.29 is 17.6 Å². The number of H-pyrrole nitrogens is 1. The molecule has 7 nitrogen and oxygen atoms in total. The molecule has 1 amide bonds. The Morgan fingerprint density at radius 3 is 2.66 bits per heavy atom. The summed E-state index contributed by atoms with van der Waals surface area (Å²) >= 11 is 0. The van der Waals surface area contributed by atoms with E-state index in [9.17, 15) is 17.6 Å². The minimum absolute atomic E-state index is 0.0670. The maximum absolute atomic E-state index is 13.1. The first kappa shape index (κ1) is 20.7. The van der Waals surface area contributed by atoms with E-state index in [0.29, 0.717) is 23.5 Å². The summed E-state index contributed by atoms with van der Waals surface area (Å²) in [6.07, 6.45) is 2.98. The number of halogens is 1. The van der Waals surface area contributed by atoms with Crippen LogP contribution < -0.4 is 10.0 Å². The Morgan fingerprint density at radius 2 is 1.93 bits per heavy atom. The Bertz CT molecular complexity index is 1090. The van der Waals surface area contributed by atoms with E-state index < -0.39 is 15.9 Å². The molecule has 0 aliphatic rings. The van der Waals surface area contributed by atoms with Crippen LogP contribution in [0, 0.1) is 5.82 Å². The molecule has 0 atom stereocenters. The summed E-state index contributed by atoms with van der Waals surface area (Å²) in [5, 5.41) is 9.31. The number of aromatic nitrogens is 2. The number of anilines is 1. The molecule has 0 bridgehead atoms. The van der Waals surface area contributed by atoms with Crippen molar-refractivity contribution in [2.45, 2.75) is 24.7 Å². The normalized spacial score (nSPS) is 11.4. The average molecular weight is 416 g/mol. The Hall–Kier alpha value is -3.04. The van der Waals surface area contributed by atoms with Gasteiger partial charge in [0.15, 0.2) is 0 Å². The van der Waals surface area contributed by atoms with Crippen molar-refractivity contribution in [3.63, 3.8) is 0 Å². The van der Waals surface area contributed by atoms with E-state index in [1.54, 1.807) is 12.1 Å². The Morgan fingerprint density at radius 1 is 1.17 bits per heavy atom. The number of carbonyl (C=O) groups excluding carboxylic acids is 1. The van der Waals surface area contributed by atoms with Gasteiger partial charge in [-0.1, -0.05) is 19.4 Å². The van der Waals surface area contributed by atoms with Crippen molar-refractivity contribution in [1.29, 1.82) is 0 Å². The van der Waals surface area contributed by atoms with Crippen LogP contribution in [0.25, 0.3) is 11.3 Å². The number of unbranched alkanes of at least 4 members (excludes halogenated alkanes) is 1. The predicted molar refractivity (Wildman–Crippen MR) is 108 cm³/mol. The molecule has 0 saturated carbocycles. The molecular formula is C20H21FN4O3S. The first-order valence-electron chi connectivity index (χ1n) is 9.11. The van der Waals surface area contributed by atoms with Crippen molar-refractivity contribution in [2.24, 2.45) is 0 Å². The Labute approximate surface area is 168 Å². The van der Waals surface area contributed by atoms with Crippen LogP contribution in [0.15, 0.2) is 59.6 Å². The molecule has 1 heterocycles. The molecule has 9 heteroatoms. The minimum Gasteiger partial charge on any atom is -0.322 e. The lowest BCUT2D eigenvalue weighted by Gasteiger charge is -2.09. The fourth-order valence-electron chi connectivity index (χ4n) is 2.70. The smallest absolute Gasteiger partial charge is 0.259 e. The highest BCUT2D eigenvalue weighted by Gasteiger charge is 2.18. The molecule has 152 valence electrons. The number of hydrogen-bond acceptors (Lipinski definition) is 4. The van der Waals surface area contributed by atoms with Gasteiger partial charge >= 0.3 is 0 Å². The largest absolute Gasteiger partial charge is 0.322 e. The van der Waals surface area contributed by atoms with Gasteiger partial charge in [0.1, 0.15) is 5.82 Å². The van der Waals surface area contributed by atoms with Crippen LogP contribution in [0.1, 0.15) is 30.1 Å². The van der Waals surface area contributed by atoms with E-state index in [1.165, 1.54) is 42.6 Å². The molecule has 0 aliphatic carbocycles. The van der Waals surface area contributed by atoms with Crippen molar-refractivity contribution in [3.05, 3.63) is 66.1 Å². The lowest BCUT2D eigenvalue weighted by atomic mass is 10.1. The molecule has 2 aromatic carbocycles. The summed E-state index contributed by atoms with van der Waals surface area (Å²) in [5.74, 6) is -0.851. The first-order valence-corrected chi connectivity index (χ1v) is 10.6. The Balaban J connectivity index is 1.79. The van der Waals surface area contributed by atoms with Gasteiger partial charge in [0, 0.05) is 17.8 Å². The van der Waals surface area contributed by atoms with Gasteiger partial charge in [0.25, 0.3) is 5.91 Å². The molecule has 0 saturated heterocycles. The third kappa shape index (κ3) is 5.07. The van der Waals surface area contributed by atoms with E-state index in [4.69, 9.17) is 0 Å². The van der Waals surface area contributed by atoms with Gasteiger partial charge in [-0.2, -0.15) is 5.10 Å². The average Bonchev–Trinajstić information content (AvgIpc) is 3.19. The molecular weight excluding hydrogens is 395 g/mol. The molecule has 3 aromatic rings. The number of amides is 1. The monoisotopic (exact) mass is 416 g/mol. The molecule has 0 spiro atoms. The number of sulfonamides is 1. The lowest BCUT2D eigenvalue weighted by Crippen LogP contribution is -2.24. The maximum atomic E-state index is 13.1. The maximum Gasteiger partial charge on any atom is 0.259 e. The topological polar surface area (TPSA) is 104 Å². The molecule has 0 aliphatic heterocycles. The highest BCUT2D eigenvalue weighted by Crippen LogP contribution is 2.23. The highest BCUT2D eigenvalue weighted by atomic mass is 32.2. The summed E-state index contributed by atoms with van der Waals surface area (Å²) in [5.41, 5.74) is 1.63. The fraction of sp³-hybridized carbons (Fsp3) is 0.200. The van der Waals surface area contributed by atoms with Crippen molar-refractivity contribution in [1.82, 2.24) is 14.9 Å². The molecule has 3 N–H and O–H groups in total. The van der Waals surface area contributed by atoms with Crippen LogP contribution >= 0.6 is 0 Å². The quantitative estimate of drug-likeness (QED) is 0.489. The second-order valence-electron chi connectivity index (χ2n) is 6.40. The molecule has 0 fully saturated rings. The third-order valence-electron chi connectivity index (χ3n) is 4.24. The van der Waals surface area contributed by atoms with Crippen LogP contribution in [0.3, 0.4) is 0 Å². The van der Waals surface area contributed by atoms with Gasteiger partial charge in [0.05, 0.1) is 22.3 Å². The molecule has 0 radical (unpaired) electrons. The zero-order valence-electron chi connectivity index (χ0n) is 15.8. The molecule has 1 aromatic heterocycles. The standard InChI is InChI=1S/C20H21FN4O3S/c1-2-3-11-23-29(27,28)17-6-4-5-16(12-17)24-20(26)18-13-22-25-19(18)14-7-9-15(21)10-8-14/h4-10,12-13,23H,2-3,11H2,1H3,(H,22,25)(H,24,26). The molecule has 0 unspecified atom stereocenters. The van der Waals surface area contributed by atoms with Gasteiger partial charge in [-0.25, -0.2) is 17.5 Å². The van der Waals surface area contributed by atoms with Crippen LogP contribution in [0.4, 0.5) is 10.1 Å². The summed E-state index contributed by atoms with van der Waals surface area (Å²) < 4.78 is 40.4. The number of benzene rings is 2. The van der Waals surface area contributed by atoms with Crippen LogP contribution in [-0.4, -0.2) is 31.1 Å². The number of carbonyl (C=O) groups is 1. The number of nitrogens with zero attached hydrogens (tertiary/aromatic N) is 1. The van der Waals surface area contributed by atoms with E-state index in [0.717, 1.165) is 12.8 Å². The summed E-state index contributed by atoms with van der Waals surface area (Å²) in [7, 11) is -3.66. The fourth-order valence-corrected chi connectivity index (χ4v) is 3.82. The number of aromatic amines is 1. The van der Waals surface area contributed by atoms with Gasteiger partial charge in [-0.15, -0.1) is 0 Å². The van der Waals surface area contributed by atoms with Gasteiger partial charge < -0.3 is 5.32 Å². The van der Waals surface area contributed by atoms with E-state index in [-0.39, 0.29) is 16.3 Å². The van der Waals surface area contributed by atoms with Crippen molar-refractivity contribution in [3.8, 4) is 11.3 Å². The van der Waals surface area contributed by atoms with Gasteiger partial charge in [0.2, 0.25) is 10.0 Å². The first-order chi connectivity index (χ1) is 13.9. The van der Waals surface area contributed by atoms with E-state index >= 15 is 0 Å².